The fraction of sp³-hybridized carbons (Fsp3) is 0.474. The zero-order chi connectivity index (χ0) is 20.0. The molecule has 7 heteroatoms. The van der Waals surface area contributed by atoms with Gasteiger partial charge in [0.25, 0.3) is 0 Å². The van der Waals surface area contributed by atoms with E-state index in [4.69, 9.17) is 17.7 Å². The van der Waals surface area contributed by atoms with Crippen molar-refractivity contribution in [2.24, 2.45) is 0 Å². The Morgan fingerprint density at radius 2 is 1.27 bits per heavy atom. The van der Waals surface area contributed by atoms with E-state index in [9.17, 15) is 0 Å². The highest BCUT2D eigenvalue weighted by atomic mass is 28.4. The summed E-state index contributed by atoms with van der Waals surface area (Å²) in [6.45, 7) is 13.0. The lowest BCUT2D eigenvalue weighted by Gasteiger charge is -2.39. The van der Waals surface area contributed by atoms with Crippen molar-refractivity contribution >= 4 is 32.6 Å². The lowest BCUT2D eigenvalue weighted by atomic mass is 9.98. The van der Waals surface area contributed by atoms with E-state index < -0.39 is 17.1 Å². The first-order valence-corrected chi connectivity index (χ1v) is 13.3. The Balaban J connectivity index is 3.62. The molecule has 0 spiro atoms. The number of rotatable bonds is 11. The third-order valence-electron chi connectivity index (χ3n) is 5.20. The molecule has 26 heavy (non-hydrogen) atoms. The highest BCUT2D eigenvalue weighted by Gasteiger charge is 2.48. The van der Waals surface area contributed by atoms with Crippen LogP contribution < -0.4 is 5.19 Å². The molecular weight excluding hydrogens is 376 g/mol. The van der Waals surface area contributed by atoms with Gasteiger partial charge in [0.2, 0.25) is 0 Å². The van der Waals surface area contributed by atoms with Gasteiger partial charge in [0.05, 0.1) is 10.2 Å². The lowest BCUT2D eigenvalue weighted by molar-refractivity contribution is 0.246. The van der Waals surface area contributed by atoms with Crippen LogP contribution in [0, 0.1) is 0 Å². The zero-order valence-electron chi connectivity index (χ0n) is 16.8. The summed E-state index contributed by atoms with van der Waals surface area (Å²) >= 11 is 0. The van der Waals surface area contributed by atoms with Crippen molar-refractivity contribution in [2.45, 2.75) is 31.9 Å². The van der Waals surface area contributed by atoms with Crippen molar-refractivity contribution in [3.63, 3.8) is 0 Å². The minimum atomic E-state index is -2.64. The molecule has 0 aliphatic rings. The number of hydrogen-bond donors (Lipinski definition) is 0. The van der Waals surface area contributed by atoms with E-state index in [-0.39, 0.29) is 5.92 Å². The van der Waals surface area contributed by atoms with Gasteiger partial charge >= 0.3 is 17.1 Å². The molecule has 0 bridgehead atoms. The van der Waals surface area contributed by atoms with Crippen LogP contribution in [0.5, 0.6) is 0 Å². The molecule has 0 aliphatic heterocycles. The van der Waals surface area contributed by atoms with E-state index in [1.54, 1.807) is 28.4 Å². The standard InChI is InChI=1S/C19H31O4Si3/c1-9-25(20-5,21-6)15(3)19(17-13-11-12-14-18(17)24)16(4)26(10-2,22-7)23-8/h11-14,19H,3-4,9-10H2,1-2,5-8H3. The maximum atomic E-state index is 5.90. The first-order chi connectivity index (χ1) is 12.3. The first kappa shape index (κ1) is 23.2. The fourth-order valence-electron chi connectivity index (χ4n) is 3.50. The Hall–Kier alpha value is -0.809. The highest BCUT2D eigenvalue weighted by molar-refractivity contribution is 6.78. The topological polar surface area (TPSA) is 36.9 Å². The number of benzene rings is 1. The van der Waals surface area contributed by atoms with Gasteiger partial charge in [-0.1, -0.05) is 56.5 Å². The van der Waals surface area contributed by atoms with Gasteiger partial charge in [-0.05, 0) is 28.0 Å². The fourth-order valence-corrected chi connectivity index (χ4v) is 8.95. The molecule has 0 heterocycles. The van der Waals surface area contributed by atoms with Crippen LogP contribution in [0.15, 0.2) is 47.8 Å². The van der Waals surface area contributed by atoms with Crippen molar-refractivity contribution in [2.75, 3.05) is 28.4 Å². The second-order valence-electron chi connectivity index (χ2n) is 6.10. The lowest BCUT2D eigenvalue weighted by Crippen LogP contribution is -2.49. The summed E-state index contributed by atoms with van der Waals surface area (Å²) in [5, 5.41) is 2.82. The van der Waals surface area contributed by atoms with Crippen LogP contribution in [0.2, 0.25) is 12.1 Å². The van der Waals surface area contributed by atoms with E-state index in [1.807, 2.05) is 18.2 Å². The largest absolute Gasteiger partial charge is 0.394 e. The van der Waals surface area contributed by atoms with Gasteiger partial charge in [-0.2, -0.15) is 0 Å². The molecule has 0 aliphatic carbocycles. The van der Waals surface area contributed by atoms with Crippen LogP contribution in [0.25, 0.3) is 0 Å². The van der Waals surface area contributed by atoms with Gasteiger partial charge in [0.15, 0.2) is 0 Å². The third kappa shape index (κ3) is 4.19. The second-order valence-corrected chi connectivity index (χ2v) is 14.0. The van der Waals surface area contributed by atoms with E-state index >= 15 is 0 Å². The molecule has 143 valence electrons. The number of allylic oxidation sites excluding steroid dienone is 2. The van der Waals surface area contributed by atoms with Crippen LogP contribution >= 0.6 is 0 Å². The molecule has 0 atom stereocenters. The summed E-state index contributed by atoms with van der Waals surface area (Å²) in [6.07, 6.45) is 0. The molecular formula is C19H31O4Si3. The van der Waals surface area contributed by atoms with Gasteiger partial charge in [-0.3, -0.25) is 0 Å². The monoisotopic (exact) mass is 407 g/mol. The Bertz CT molecular complexity index is 576. The van der Waals surface area contributed by atoms with Crippen molar-refractivity contribution in [1.29, 1.82) is 0 Å². The van der Waals surface area contributed by atoms with Crippen molar-refractivity contribution in [1.82, 2.24) is 0 Å². The van der Waals surface area contributed by atoms with Crippen molar-refractivity contribution in [3.8, 4) is 0 Å². The highest BCUT2D eigenvalue weighted by Crippen LogP contribution is 2.41. The van der Waals surface area contributed by atoms with E-state index in [0.29, 0.717) is 0 Å². The van der Waals surface area contributed by atoms with E-state index in [0.717, 1.165) is 33.2 Å². The molecule has 1 aromatic carbocycles. The van der Waals surface area contributed by atoms with Gasteiger partial charge < -0.3 is 17.7 Å². The summed E-state index contributed by atoms with van der Waals surface area (Å²) in [6, 6.07) is 9.60. The molecule has 1 rings (SSSR count). The molecule has 1 aromatic rings. The Morgan fingerprint density at radius 3 is 1.58 bits per heavy atom. The average Bonchev–Trinajstić information content (AvgIpc) is 2.67. The van der Waals surface area contributed by atoms with Crippen molar-refractivity contribution < 1.29 is 17.7 Å². The zero-order valence-corrected chi connectivity index (χ0v) is 19.8. The van der Waals surface area contributed by atoms with Crippen LogP contribution in [-0.4, -0.2) is 55.8 Å². The molecule has 0 unspecified atom stereocenters. The smallest absolute Gasteiger partial charge is 0.367 e. The quantitative estimate of drug-likeness (QED) is 0.528. The molecule has 3 radical (unpaired) electrons. The summed E-state index contributed by atoms with van der Waals surface area (Å²) in [7, 11) is 5.25. The first-order valence-electron chi connectivity index (χ1n) is 8.72. The molecule has 0 saturated heterocycles. The molecule has 0 fully saturated rings. The SMILES string of the molecule is C=C(C(C(=C)[Si](CC)(OC)OC)c1ccccc1[Si])[Si](CC)(OC)OC. The molecule has 0 N–H and O–H groups in total. The van der Waals surface area contributed by atoms with Gasteiger partial charge in [0, 0.05) is 34.4 Å². The van der Waals surface area contributed by atoms with E-state index in [2.05, 4.69) is 43.3 Å². The average molecular weight is 408 g/mol. The Kier molecular flexibility index (Phi) is 8.87. The second kappa shape index (κ2) is 9.93. The summed E-state index contributed by atoms with van der Waals surface area (Å²) in [5.74, 6) is -0.179. The van der Waals surface area contributed by atoms with Crippen LogP contribution in [0.4, 0.5) is 0 Å². The minimum Gasteiger partial charge on any atom is -0.394 e. The maximum absolute atomic E-state index is 5.90. The normalized spacial score (nSPS) is 12.5. The summed E-state index contributed by atoms with van der Waals surface area (Å²) in [4.78, 5) is 0. The van der Waals surface area contributed by atoms with Gasteiger partial charge in [-0.25, -0.2) is 0 Å². The number of hydrogen-bond acceptors (Lipinski definition) is 4. The Labute approximate surface area is 164 Å². The van der Waals surface area contributed by atoms with Crippen LogP contribution in [-0.2, 0) is 17.7 Å². The molecule has 0 amide bonds. The minimum absolute atomic E-state index is 0.179. The van der Waals surface area contributed by atoms with Crippen molar-refractivity contribution in [3.05, 3.63) is 53.4 Å². The molecule has 0 saturated carbocycles. The van der Waals surface area contributed by atoms with Crippen LogP contribution in [0.3, 0.4) is 0 Å². The van der Waals surface area contributed by atoms with E-state index in [1.165, 1.54) is 0 Å². The summed E-state index contributed by atoms with van der Waals surface area (Å²) in [5.41, 5.74) is 1.07. The third-order valence-corrected chi connectivity index (χ3v) is 12.7. The molecule has 4 nitrogen and oxygen atoms in total. The van der Waals surface area contributed by atoms with Crippen LogP contribution in [0.1, 0.15) is 25.3 Å². The Morgan fingerprint density at radius 1 is 0.885 bits per heavy atom. The predicted molar refractivity (Wildman–Crippen MR) is 113 cm³/mol. The molecule has 0 aromatic heterocycles. The summed E-state index contributed by atoms with van der Waals surface area (Å²) < 4.78 is 23.6. The maximum Gasteiger partial charge on any atom is 0.367 e. The van der Waals surface area contributed by atoms with Gasteiger partial charge in [0.1, 0.15) is 0 Å². The van der Waals surface area contributed by atoms with Gasteiger partial charge in [-0.15, -0.1) is 0 Å². The predicted octanol–water partition coefficient (Wildman–Crippen LogP) is 3.26.